The molecular weight excluding hydrogens is 310 g/mol. The van der Waals surface area contributed by atoms with Crippen molar-refractivity contribution in [3.05, 3.63) is 34.9 Å². The van der Waals surface area contributed by atoms with Gasteiger partial charge in [0.1, 0.15) is 5.25 Å². The number of halogens is 1. The van der Waals surface area contributed by atoms with Crippen molar-refractivity contribution in [1.82, 2.24) is 5.32 Å². The van der Waals surface area contributed by atoms with Crippen LogP contribution in [-0.4, -0.2) is 25.8 Å². The number of nitrogens with one attached hydrogen (secondary N) is 1. The van der Waals surface area contributed by atoms with Crippen LogP contribution < -0.4 is 5.32 Å². The highest BCUT2D eigenvalue weighted by Gasteiger charge is 2.34. The molecule has 118 valence electrons. The molecule has 0 heterocycles. The fourth-order valence-electron chi connectivity index (χ4n) is 2.21. The standard InChI is InChI=1S/C15H22ClNO3S/c1-5-15(6-2,12-7-9-13(16)10-8-12)17-14(18)11(3)21(4,19)20/h7-11H,5-6H2,1-4H3,(H,17,18)/t11-/m1/s1. The van der Waals surface area contributed by atoms with Crippen molar-refractivity contribution < 1.29 is 13.2 Å². The molecule has 0 radical (unpaired) electrons. The third-order valence-electron chi connectivity index (χ3n) is 3.98. The maximum absolute atomic E-state index is 12.2. The smallest absolute Gasteiger partial charge is 0.238 e. The van der Waals surface area contributed by atoms with E-state index in [0.29, 0.717) is 17.9 Å². The molecule has 0 aliphatic rings. The Hall–Kier alpha value is -1.07. The van der Waals surface area contributed by atoms with Gasteiger partial charge in [-0.25, -0.2) is 8.42 Å². The molecule has 0 aromatic heterocycles. The van der Waals surface area contributed by atoms with Crippen LogP contribution in [0.25, 0.3) is 0 Å². The highest BCUT2D eigenvalue weighted by molar-refractivity contribution is 7.92. The molecule has 21 heavy (non-hydrogen) atoms. The zero-order chi connectivity index (χ0) is 16.3. The van der Waals surface area contributed by atoms with Crippen molar-refractivity contribution in [3.8, 4) is 0 Å². The van der Waals surface area contributed by atoms with Crippen LogP contribution in [0.3, 0.4) is 0 Å². The normalized spacial score (nSPS) is 13.8. The molecular formula is C15H22ClNO3S. The summed E-state index contributed by atoms with van der Waals surface area (Å²) in [7, 11) is -3.41. The minimum absolute atomic E-state index is 0.476. The SMILES string of the molecule is CCC(CC)(NC(=O)[C@@H](C)S(C)(=O)=O)c1ccc(Cl)cc1. The van der Waals surface area contributed by atoms with Crippen LogP contribution >= 0.6 is 11.6 Å². The number of rotatable bonds is 6. The van der Waals surface area contributed by atoms with Crippen molar-refractivity contribution in [2.24, 2.45) is 0 Å². The Labute approximate surface area is 131 Å². The maximum atomic E-state index is 12.2. The van der Waals surface area contributed by atoms with Crippen LogP contribution in [0.4, 0.5) is 0 Å². The Bertz CT molecular complexity index is 592. The zero-order valence-electron chi connectivity index (χ0n) is 12.8. The van der Waals surface area contributed by atoms with Crippen molar-refractivity contribution in [1.29, 1.82) is 0 Å². The Morgan fingerprint density at radius 3 is 2.10 bits per heavy atom. The third-order valence-corrected chi connectivity index (χ3v) is 5.73. The van der Waals surface area contributed by atoms with Crippen molar-refractivity contribution in [3.63, 3.8) is 0 Å². The van der Waals surface area contributed by atoms with Gasteiger partial charge in [0.25, 0.3) is 0 Å². The van der Waals surface area contributed by atoms with Gasteiger partial charge in [0.2, 0.25) is 5.91 Å². The largest absolute Gasteiger partial charge is 0.345 e. The molecule has 1 rings (SSSR count). The molecule has 0 fully saturated rings. The molecule has 0 aliphatic carbocycles. The summed E-state index contributed by atoms with van der Waals surface area (Å²) in [5, 5.41) is 2.46. The van der Waals surface area contributed by atoms with Gasteiger partial charge in [0.15, 0.2) is 9.84 Å². The van der Waals surface area contributed by atoms with Gasteiger partial charge in [0.05, 0.1) is 5.54 Å². The van der Waals surface area contributed by atoms with Gasteiger partial charge < -0.3 is 5.32 Å². The second-order valence-corrected chi connectivity index (χ2v) is 8.06. The third kappa shape index (κ3) is 4.20. The van der Waals surface area contributed by atoms with Crippen LogP contribution in [0.15, 0.2) is 24.3 Å². The van der Waals surface area contributed by atoms with Crippen molar-refractivity contribution >= 4 is 27.3 Å². The predicted molar refractivity (Wildman–Crippen MR) is 86.2 cm³/mol. The fourth-order valence-corrected chi connectivity index (χ4v) is 2.78. The molecule has 1 aromatic rings. The molecule has 0 unspecified atom stereocenters. The Morgan fingerprint density at radius 1 is 1.24 bits per heavy atom. The average Bonchev–Trinajstić information content (AvgIpc) is 2.44. The molecule has 1 amide bonds. The quantitative estimate of drug-likeness (QED) is 0.871. The number of amides is 1. The van der Waals surface area contributed by atoms with Crippen LogP contribution in [0.5, 0.6) is 0 Å². The van der Waals surface area contributed by atoms with Gasteiger partial charge in [-0.2, -0.15) is 0 Å². The number of hydrogen-bond donors (Lipinski definition) is 1. The summed E-state index contributed by atoms with van der Waals surface area (Å²) in [5.41, 5.74) is 0.339. The Balaban J connectivity index is 3.12. The first-order chi connectivity index (χ1) is 9.66. The monoisotopic (exact) mass is 331 g/mol. The van der Waals surface area contributed by atoms with Crippen LogP contribution in [0.2, 0.25) is 5.02 Å². The molecule has 4 nitrogen and oxygen atoms in total. The number of carbonyl (C=O) groups is 1. The minimum Gasteiger partial charge on any atom is -0.345 e. The molecule has 0 aliphatic heterocycles. The molecule has 1 aromatic carbocycles. The number of benzene rings is 1. The van der Waals surface area contributed by atoms with E-state index in [-0.39, 0.29) is 0 Å². The van der Waals surface area contributed by atoms with Gasteiger partial charge in [0, 0.05) is 11.3 Å². The number of hydrogen-bond acceptors (Lipinski definition) is 3. The second-order valence-electron chi connectivity index (χ2n) is 5.26. The minimum atomic E-state index is -3.41. The first-order valence-electron chi connectivity index (χ1n) is 6.93. The molecule has 0 saturated heterocycles. The van der Waals surface area contributed by atoms with Gasteiger partial charge >= 0.3 is 0 Å². The summed E-state index contributed by atoms with van der Waals surface area (Å²) in [4.78, 5) is 12.2. The molecule has 6 heteroatoms. The first-order valence-corrected chi connectivity index (χ1v) is 9.26. The van der Waals surface area contributed by atoms with Gasteiger partial charge in [-0.1, -0.05) is 37.6 Å². The fraction of sp³-hybridized carbons (Fsp3) is 0.533. The average molecular weight is 332 g/mol. The van der Waals surface area contributed by atoms with E-state index in [1.165, 1.54) is 6.92 Å². The Kier molecular flexibility index (Phi) is 5.82. The molecule has 1 atom stereocenters. The number of sulfone groups is 1. The lowest BCUT2D eigenvalue weighted by Crippen LogP contribution is -2.49. The van der Waals surface area contributed by atoms with Gasteiger partial charge in [-0.15, -0.1) is 0 Å². The van der Waals surface area contributed by atoms with E-state index in [2.05, 4.69) is 5.32 Å². The van der Waals surface area contributed by atoms with Crippen molar-refractivity contribution in [2.75, 3.05) is 6.26 Å². The maximum Gasteiger partial charge on any atom is 0.238 e. The topological polar surface area (TPSA) is 63.2 Å². The lowest BCUT2D eigenvalue weighted by atomic mass is 9.84. The summed E-state index contributed by atoms with van der Waals surface area (Å²) < 4.78 is 23.1. The lowest BCUT2D eigenvalue weighted by molar-refractivity contribution is -0.122. The van der Waals surface area contributed by atoms with E-state index in [1.807, 2.05) is 26.0 Å². The summed E-state index contributed by atoms with van der Waals surface area (Å²) in [6.07, 6.45) is 2.39. The molecule has 0 bridgehead atoms. The number of carbonyl (C=O) groups excluding carboxylic acids is 1. The summed E-state index contributed by atoms with van der Waals surface area (Å²) in [5.74, 6) is -0.476. The van der Waals surface area contributed by atoms with E-state index >= 15 is 0 Å². The van der Waals surface area contributed by atoms with Crippen LogP contribution in [0.1, 0.15) is 39.2 Å². The van der Waals surface area contributed by atoms with Crippen LogP contribution in [0, 0.1) is 0 Å². The second kappa shape index (κ2) is 6.79. The van der Waals surface area contributed by atoms with E-state index in [0.717, 1.165) is 11.8 Å². The summed E-state index contributed by atoms with van der Waals surface area (Å²) in [6.45, 7) is 5.33. The van der Waals surface area contributed by atoms with Crippen LogP contribution in [-0.2, 0) is 20.2 Å². The van der Waals surface area contributed by atoms with Gasteiger partial charge in [-0.3, -0.25) is 4.79 Å². The highest BCUT2D eigenvalue weighted by atomic mass is 35.5. The Morgan fingerprint density at radius 2 is 1.71 bits per heavy atom. The predicted octanol–water partition coefficient (Wildman–Crippen LogP) is 2.90. The summed E-state index contributed by atoms with van der Waals surface area (Å²) >= 11 is 5.90. The summed E-state index contributed by atoms with van der Waals surface area (Å²) in [6, 6.07) is 7.26. The zero-order valence-corrected chi connectivity index (χ0v) is 14.4. The first kappa shape index (κ1) is 18.0. The molecule has 1 N–H and O–H groups in total. The van der Waals surface area contributed by atoms with E-state index < -0.39 is 26.5 Å². The molecule has 0 saturated carbocycles. The lowest BCUT2D eigenvalue weighted by Gasteiger charge is -2.34. The highest BCUT2D eigenvalue weighted by Crippen LogP contribution is 2.30. The molecule has 0 spiro atoms. The van der Waals surface area contributed by atoms with E-state index in [1.54, 1.807) is 12.1 Å². The van der Waals surface area contributed by atoms with E-state index in [4.69, 9.17) is 11.6 Å². The van der Waals surface area contributed by atoms with Crippen molar-refractivity contribution in [2.45, 2.75) is 44.4 Å². The van der Waals surface area contributed by atoms with E-state index in [9.17, 15) is 13.2 Å². The van der Waals surface area contributed by atoms with Gasteiger partial charge in [-0.05, 0) is 37.5 Å².